The highest BCUT2D eigenvalue weighted by Crippen LogP contribution is 2.65. The van der Waals surface area contributed by atoms with Crippen molar-refractivity contribution in [1.82, 2.24) is 5.32 Å². The summed E-state index contributed by atoms with van der Waals surface area (Å²) in [6.45, 7) is 10.6. The van der Waals surface area contributed by atoms with Crippen molar-refractivity contribution >= 4 is 5.97 Å². The van der Waals surface area contributed by atoms with Crippen molar-refractivity contribution in [1.29, 1.82) is 0 Å². The summed E-state index contributed by atoms with van der Waals surface area (Å²) < 4.78 is 4.95. The molecule has 0 aromatic rings. The average molecular weight is 267 g/mol. The molecule has 3 unspecified atom stereocenters. The summed E-state index contributed by atoms with van der Waals surface area (Å²) in [6.07, 6.45) is 5.47. The number of nitrogens with one attached hydrogen (secondary N) is 1. The first-order valence-corrected chi connectivity index (χ1v) is 7.81. The van der Waals surface area contributed by atoms with E-state index in [1.807, 2.05) is 6.92 Å². The lowest BCUT2D eigenvalue weighted by Gasteiger charge is -2.39. The molecule has 3 atom stereocenters. The number of esters is 1. The van der Waals surface area contributed by atoms with E-state index in [-0.39, 0.29) is 5.97 Å². The number of ether oxygens (including phenoxy) is 1. The predicted molar refractivity (Wildman–Crippen MR) is 76.9 cm³/mol. The van der Waals surface area contributed by atoms with Crippen molar-refractivity contribution in [2.45, 2.75) is 65.8 Å². The van der Waals surface area contributed by atoms with Crippen LogP contribution in [0.2, 0.25) is 0 Å². The van der Waals surface area contributed by atoms with Crippen molar-refractivity contribution in [3.05, 3.63) is 0 Å². The van der Waals surface area contributed by atoms with Crippen LogP contribution in [0.4, 0.5) is 0 Å². The maximum absolute atomic E-state index is 11.3. The molecule has 0 spiro atoms. The molecule has 0 radical (unpaired) electrons. The van der Waals surface area contributed by atoms with Gasteiger partial charge in [-0.15, -0.1) is 0 Å². The molecule has 0 aromatic carbocycles. The summed E-state index contributed by atoms with van der Waals surface area (Å²) in [5.74, 6) is 0.809. The van der Waals surface area contributed by atoms with Crippen LogP contribution >= 0.6 is 0 Å². The van der Waals surface area contributed by atoms with Gasteiger partial charge in [-0.2, -0.15) is 0 Å². The fourth-order valence-corrected chi connectivity index (χ4v) is 4.25. The maximum atomic E-state index is 11.3. The summed E-state index contributed by atoms with van der Waals surface area (Å²) in [6, 6.07) is 0.628. The fourth-order valence-electron chi connectivity index (χ4n) is 4.25. The maximum Gasteiger partial charge on any atom is 0.305 e. The van der Waals surface area contributed by atoms with Crippen molar-refractivity contribution in [3.63, 3.8) is 0 Å². The van der Waals surface area contributed by atoms with E-state index in [1.165, 1.54) is 19.3 Å². The van der Waals surface area contributed by atoms with Crippen LogP contribution in [-0.4, -0.2) is 25.2 Å². The van der Waals surface area contributed by atoms with Gasteiger partial charge in [0.2, 0.25) is 0 Å². The zero-order chi connectivity index (χ0) is 14.1. The van der Waals surface area contributed by atoms with Gasteiger partial charge in [-0.25, -0.2) is 0 Å². The van der Waals surface area contributed by atoms with Crippen molar-refractivity contribution in [2.24, 2.45) is 16.7 Å². The molecule has 3 heteroatoms. The summed E-state index contributed by atoms with van der Waals surface area (Å²) in [4.78, 5) is 11.3. The zero-order valence-corrected chi connectivity index (χ0v) is 12.9. The highest BCUT2D eigenvalue weighted by atomic mass is 16.5. The first kappa shape index (κ1) is 14.8. The van der Waals surface area contributed by atoms with E-state index in [2.05, 4.69) is 26.1 Å². The molecule has 0 aliphatic heterocycles. The second-order valence-electron chi connectivity index (χ2n) is 7.03. The Morgan fingerprint density at radius 1 is 1.37 bits per heavy atom. The van der Waals surface area contributed by atoms with Crippen molar-refractivity contribution in [3.8, 4) is 0 Å². The fraction of sp³-hybridized carbons (Fsp3) is 0.938. The SMILES string of the molecule is CCOC(=O)CCCNC1CC2CCC1(C)C2(C)C. The number of rotatable bonds is 6. The number of hydrogen-bond acceptors (Lipinski definition) is 3. The lowest BCUT2D eigenvalue weighted by atomic mass is 9.69. The van der Waals surface area contributed by atoms with E-state index < -0.39 is 0 Å². The van der Waals surface area contributed by atoms with Gasteiger partial charge in [-0.3, -0.25) is 4.79 Å². The minimum atomic E-state index is -0.0659. The lowest BCUT2D eigenvalue weighted by molar-refractivity contribution is -0.143. The molecule has 19 heavy (non-hydrogen) atoms. The Labute approximate surface area is 117 Å². The second kappa shape index (κ2) is 5.43. The zero-order valence-electron chi connectivity index (χ0n) is 12.9. The van der Waals surface area contributed by atoms with Crippen LogP contribution in [0.1, 0.15) is 59.8 Å². The normalized spacial score (nSPS) is 35.6. The van der Waals surface area contributed by atoms with Gasteiger partial charge in [0.15, 0.2) is 0 Å². The van der Waals surface area contributed by atoms with E-state index in [0.29, 0.717) is 29.9 Å². The van der Waals surface area contributed by atoms with E-state index in [9.17, 15) is 4.79 Å². The molecule has 2 rings (SSSR count). The number of fused-ring (bicyclic) bond motifs is 2. The number of hydrogen-bond donors (Lipinski definition) is 1. The first-order chi connectivity index (χ1) is 8.91. The van der Waals surface area contributed by atoms with Crippen LogP contribution in [0.25, 0.3) is 0 Å². The van der Waals surface area contributed by atoms with E-state index >= 15 is 0 Å². The van der Waals surface area contributed by atoms with Crippen LogP contribution in [-0.2, 0) is 9.53 Å². The molecule has 2 saturated carbocycles. The van der Waals surface area contributed by atoms with Crippen LogP contribution in [0.15, 0.2) is 0 Å². The molecule has 2 aliphatic rings. The van der Waals surface area contributed by atoms with Crippen LogP contribution in [0, 0.1) is 16.7 Å². The van der Waals surface area contributed by atoms with Gasteiger partial charge < -0.3 is 10.1 Å². The Hall–Kier alpha value is -0.570. The monoisotopic (exact) mass is 267 g/mol. The van der Waals surface area contributed by atoms with Gasteiger partial charge in [-0.05, 0) is 55.9 Å². The minimum Gasteiger partial charge on any atom is -0.466 e. The molecule has 1 N–H and O–H groups in total. The van der Waals surface area contributed by atoms with Crippen molar-refractivity contribution < 1.29 is 9.53 Å². The van der Waals surface area contributed by atoms with Crippen LogP contribution < -0.4 is 5.32 Å². The highest BCUT2D eigenvalue weighted by molar-refractivity contribution is 5.69. The Morgan fingerprint density at radius 2 is 2.11 bits per heavy atom. The molecule has 0 saturated heterocycles. The van der Waals surface area contributed by atoms with Gasteiger partial charge in [0.25, 0.3) is 0 Å². The van der Waals surface area contributed by atoms with E-state index in [4.69, 9.17) is 4.74 Å². The summed E-state index contributed by atoms with van der Waals surface area (Å²) >= 11 is 0. The summed E-state index contributed by atoms with van der Waals surface area (Å²) in [5, 5.41) is 3.70. The smallest absolute Gasteiger partial charge is 0.305 e. The van der Waals surface area contributed by atoms with Gasteiger partial charge in [0, 0.05) is 12.5 Å². The van der Waals surface area contributed by atoms with Crippen molar-refractivity contribution in [2.75, 3.05) is 13.2 Å². The molecule has 3 nitrogen and oxygen atoms in total. The summed E-state index contributed by atoms with van der Waals surface area (Å²) in [5.41, 5.74) is 0.896. The third kappa shape index (κ3) is 2.54. The Morgan fingerprint density at radius 3 is 2.63 bits per heavy atom. The van der Waals surface area contributed by atoms with E-state index in [1.54, 1.807) is 0 Å². The third-order valence-electron chi connectivity index (χ3n) is 6.05. The van der Waals surface area contributed by atoms with Gasteiger partial charge in [0.1, 0.15) is 0 Å². The van der Waals surface area contributed by atoms with Gasteiger partial charge in [0.05, 0.1) is 6.61 Å². The molecule has 2 bridgehead atoms. The first-order valence-electron chi connectivity index (χ1n) is 7.81. The van der Waals surface area contributed by atoms with Gasteiger partial charge in [-0.1, -0.05) is 20.8 Å². The molecule has 110 valence electrons. The Bertz CT molecular complexity index is 340. The standard InChI is InChI=1S/C16H29NO2/c1-5-19-14(18)7-6-10-17-13-11-12-8-9-16(13,4)15(12,2)3/h12-13,17H,5-11H2,1-4H3. The van der Waals surface area contributed by atoms with Crippen LogP contribution in [0.3, 0.4) is 0 Å². The number of carbonyl (C=O) groups excluding carboxylic acids is 1. The second-order valence-corrected chi connectivity index (χ2v) is 7.03. The Kier molecular flexibility index (Phi) is 4.24. The molecule has 2 aliphatic carbocycles. The Balaban J connectivity index is 1.75. The topological polar surface area (TPSA) is 38.3 Å². The molecular formula is C16H29NO2. The molecule has 0 heterocycles. The van der Waals surface area contributed by atoms with Gasteiger partial charge >= 0.3 is 5.97 Å². The quantitative estimate of drug-likeness (QED) is 0.593. The predicted octanol–water partition coefficient (Wildman–Crippen LogP) is 3.13. The average Bonchev–Trinajstić information content (AvgIpc) is 2.67. The van der Waals surface area contributed by atoms with E-state index in [0.717, 1.165) is 18.9 Å². The molecule has 0 amide bonds. The largest absolute Gasteiger partial charge is 0.466 e. The van der Waals surface area contributed by atoms with Crippen LogP contribution in [0.5, 0.6) is 0 Å². The lowest BCUT2D eigenvalue weighted by Crippen LogP contribution is -2.44. The molecular weight excluding hydrogens is 238 g/mol. The minimum absolute atomic E-state index is 0.0659. The molecule has 0 aromatic heterocycles. The molecule has 2 fully saturated rings. The summed E-state index contributed by atoms with van der Waals surface area (Å²) in [7, 11) is 0. The third-order valence-corrected chi connectivity index (χ3v) is 6.05. The highest BCUT2D eigenvalue weighted by Gasteiger charge is 2.60. The number of carbonyl (C=O) groups is 1.